The Labute approximate surface area is 133 Å². The van der Waals surface area contributed by atoms with Crippen molar-refractivity contribution in [3.63, 3.8) is 0 Å². The van der Waals surface area contributed by atoms with E-state index in [4.69, 9.17) is 9.84 Å². The van der Waals surface area contributed by atoms with E-state index in [1.165, 1.54) is 5.56 Å². The summed E-state index contributed by atoms with van der Waals surface area (Å²) in [5.74, 6) is 0.754. The van der Waals surface area contributed by atoms with Gasteiger partial charge >= 0.3 is 0 Å². The average molecular weight is 311 g/mol. The summed E-state index contributed by atoms with van der Waals surface area (Å²) < 4.78 is 5.73. The largest absolute Gasteiger partial charge is 0.487 e. The highest BCUT2D eigenvalue weighted by molar-refractivity contribution is 7.09. The van der Waals surface area contributed by atoms with Gasteiger partial charge in [0.2, 0.25) is 0 Å². The molecule has 0 fully saturated rings. The van der Waals surface area contributed by atoms with Crippen molar-refractivity contribution in [1.29, 1.82) is 0 Å². The van der Waals surface area contributed by atoms with Gasteiger partial charge in [0.1, 0.15) is 12.4 Å². The molecule has 1 N–H and O–H groups in total. The van der Waals surface area contributed by atoms with Crippen molar-refractivity contribution >= 4 is 11.3 Å². The molecule has 0 radical (unpaired) electrons. The van der Waals surface area contributed by atoms with Crippen LogP contribution in [0.1, 0.15) is 21.8 Å². The van der Waals surface area contributed by atoms with E-state index in [9.17, 15) is 0 Å². The molecule has 0 unspecified atom stereocenters. The van der Waals surface area contributed by atoms with Gasteiger partial charge < -0.3 is 9.84 Å². The number of aliphatic hydroxyl groups excluding tert-OH is 1. The number of rotatable bonds is 6. The highest BCUT2D eigenvalue weighted by atomic mass is 32.1. The van der Waals surface area contributed by atoms with Crippen LogP contribution in [0.3, 0.4) is 0 Å². The minimum absolute atomic E-state index is 0.0229. The first kappa shape index (κ1) is 14.8. The Bertz CT molecular complexity index is 725. The zero-order valence-corrected chi connectivity index (χ0v) is 12.9. The molecule has 2 aromatic carbocycles. The lowest BCUT2D eigenvalue weighted by molar-refractivity contribution is 0.277. The van der Waals surface area contributed by atoms with Crippen molar-refractivity contribution in [3.8, 4) is 5.75 Å². The van der Waals surface area contributed by atoms with E-state index in [1.807, 2.05) is 47.8 Å². The van der Waals surface area contributed by atoms with Gasteiger partial charge in [-0.3, -0.25) is 0 Å². The predicted octanol–water partition coefficient (Wildman–Crippen LogP) is 3.81. The van der Waals surface area contributed by atoms with Crippen LogP contribution >= 0.6 is 11.3 Å². The highest BCUT2D eigenvalue weighted by Gasteiger charge is 2.04. The molecule has 3 aromatic rings. The summed E-state index contributed by atoms with van der Waals surface area (Å²) in [7, 11) is 0. The fourth-order valence-electron chi connectivity index (χ4n) is 2.16. The van der Waals surface area contributed by atoms with Crippen molar-refractivity contribution < 1.29 is 9.84 Å². The van der Waals surface area contributed by atoms with E-state index in [0.29, 0.717) is 6.61 Å². The van der Waals surface area contributed by atoms with Crippen LogP contribution in [0.15, 0.2) is 60.0 Å². The van der Waals surface area contributed by atoms with Gasteiger partial charge in [0.05, 0.1) is 17.3 Å². The molecule has 0 saturated heterocycles. The standard InChI is InChI=1S/C18H17NO2S/c20-11-15-7-4-8-17(9-15)21-12-16-13-22-18(19-16)10-14-5-2-1-3-6-14/h1-9,13,20H,10-12H2. The van der Waals surface area contributed by atoms with Gasteiger partial charge in [-0.2, -0.15) is 0 Å². The Hall–Kier alpha value is -2.17. The third-order valence-corrected chi connectivity index (χ3v) is 4.16. The van der Waals surface area contributed by atoms with Crippen LogP contribution in [0.5, 0.6) is 5.75 Å². The van der Waals surface area contributed by atoms with Crippen LogP contribution in [0.4, 0.5) is 0 Å². The molecule has 0 aliphatic rings. The van der Waals surface area contributed by atoms with Crippen molar-refractivity contribution in [2.24, 2.45) is 0 Å². The second-order valence-corrected chi connectivity index (χ2v) is 5.93. The number of benzene rings is 2. The fourth-order valence-corrected chi connectivity index (χ4v) is 2.97. The fraction of sp³-hybridized carbons (Fsp3) is 0.167. The summed E-state index contributed by atoms with van der Waals surface area (Å²) in [5.41, 5.74) is 3.05. The Morgan fingerprint density at radius 3 is 2.64 bits per heavy atom. The molecule has 0 saturated carbocycles. The average Bonchev–Trinajstić information content (AvgIpc) is 3.01. The summed E-state index contributed by atoms with van der Waals surface area (Å²) in [6, 6.07) is 17.8. The van der Waals surface area contributed by atoms with Gasteiger partial charge in [-0.1, -0.05) is 42.5 Å². The van der Waals surface area contributed by atoms with Crippen LogP contribution in [-0.4, -0.2) is 10.1 Å². The quantitative estimate of drug-likeness (QED) is 0.753. The lowest BCUT2D eigenvalue weighted by atomic mass is 10.2. The molecule has 3 nitrogen and oxygen atoms in total. The predicted molar refractivity (Wildman–Crippen MR) is 88.1 cm³/mol. The molecule has 22 heavy (non-hydrogen) atoms. The summed E-state index contributed by atoms with van der Waals surface area (Å²) in [6.45, 7) is 0.468. The number of ether oxygens (including phenoxy) is 1. The maximum absolute atomic E-state index is 9.12. The monoisotopic (exact) mass is 311 g/mol. The molecule has 0 spiro atoms. The number of nitrogens with zero attached hydrogens (tertiary/aromatic N) is 1. The molecule has 3 rings (SSSR count). The maximum Gasteiger partial charge on any atom is 0.131 e. The van der Waals surface area contributed by atoms with E-state index in [-0.39, 0.29) is 6.61 Å². The molecule has 112 valence electrons. The van der Waals surface area contributed by atoms with Crippen molar-refractivity contribution in [2.45, 2.75) is 19.6 Å². The second kappa shape index (κ2) is 7.20. The second-order valence-electron chi connectivity index (χ2n) is 4.99. The summed E-state index contributed by atoms with van der Waals surface area (Å²) in [6.07, 6.45) is 0.853. The first-order valence-corrected chi connectivity index (χ1v) is 8.01. The van der Waals surface area contributed by atoms with Gasteiger partial charge in [-0.25, -0.2) is 4.98 Å². The Balaban J connectivity index is 1.59. The van der Waals surface area contributed by atoms with Crippen molar-refractivity contribution in [3.05, 3.63) is 81.8 Å². The highest BCUT2D eigenvalue weighted by Crippen LogP contribution is 2.18. The molecule has 4 heteroatoms. The number of hydrogen-bond donors (Lipinski definition) is 1. The molecule has 1 heterocycles. The smallest absolute Gasteiger partial charge is 0.131 e. The van der Waals surface area contributed by atoms with Crippen LogP contribution < -0.4 is 4.74 Å². The molecule has 0 atom stereocenters. The number of aliphatic hydroxyl groups is 1. The van der Waals surface area contributed by atoms with Crippen LogP contribution in [-0.2, 0) is 19.6 Å². The first-order valence-electron chi connectivity index (χ1n) is 7.13. The van der Waals surface area contributed by atoms with E-state index in [0.717, 1.165) is 28.4 Å². The number of hydrogen-bond acceptors (Lipinski definition) is 4. The number of thiazole rings is 1. The molecule has 0 amide bonds. The van der Waals surface area contributed by atoms with Crippen molar-refractivity contribution in [1.82, 2.24) is 4.98 Å². The minimum Gasteiger partial charge on any atom is -0.487 e. The Kier molecular flexibility index (Phi) is 4.83. The Morgan fingerprint density at radius 2 is 1.82 bits per heavy atom. The molecule has 0 bridgehead atoms. The SMILES string of the molecule is OCc1cccc(OCc2csc(Cc3ccccc3)n2)c1. The summed E-state index contributed by atoms with van der Waals surface area (Å²) >= 11 is 1.66. The zero-order chi connectivity index (χ0) is 15.2. The third-order valence-electron chi connectivity index (χ3n) is 3.27. The minimum atomic E-state index is 0.0229. The van der Waals surface area contributed by atoms with Gasteiger partial charge in [0.25, 0.3) is 0 Å². The summed E-state index contributed by atoms with van der Waals surface area (Å²) in [4.78, 5) is 4.61. The van der Waals surface area contributed by atoms with E-state index >= 15 is 0 Å². The molecule has 0 aliphatic carbocycles. The maximum atomic E-state index is 9.12. The molecular weight excluding hydrogens is 294 g/mol. The first-order chi connectivity index (χ1) is 10.8. The normalized spacial score (nSPS) is 10.6. The third kappa shape index (κ3) is 3.93. The molecule has 0 aliphatic heterocycles. The van der Waals surface area contributed by atoms with E-state index in [2.05, 4.69) is 17.1 Å². The van der Waals surface area contributed by atoms with Crippen LogP contribution in [0, 0.1) is 0 Å². The van der Waals surface area contributed by atoms with Gasteiger partial charge in [-0.15, -0.1) is 11.3 Å². The zero-order valence-electron chi connectivity index (χ0n) is 12.1. The van der Waals surface area contributed by atoms with Crippen LogP contribution in [0.25, 0.3) is 0 Å². The van der Waals surface area contributed by atoms with E-state index < -0.39 is 0 Å². The van der Waals surface area contributed by atoms with E-state index in [1.54, 1.807) is 11.3 Å². The van der Waals surface area contributed by atoms with Crippen molar-refractivity contribution in [2.75, 3.05) is 0 Å². The Morgan fingerprint density at radius 1 is 1.00 bits per heavy atom. The lowest BCUT2D eigenvalue weighted by Gasteiger charge is -2.05. The number of aromatic nitrogens is 1. The molecular formula is C18H17NO2S. The van der Waals surface area contributed by atoms with Gasteiger partial charge in [0, 0.05) is 11.8 Å². The van der Waals surface area contributed by atoms with Gasteiger partial charge in [-0.05, 0) is 23.3 Å². The summed E-state index contributed by atoms with van der Waals surface area (Å²) in [5, 5.41) is 12.3. The lowest BCUT2D eigenvalue weighted by Crippen LogP contribution is -1.97. The van der Waals surface area contributed by atoms with Crippen LogP contribution in [0.2, 0.25) is 0 Å². The van der Waals surface area contributed by atoms with Gasteiger partial charge in [0.15, 0.2) is 0 Å². The molecule has 1 aromatic heterocycles. The topological polar surface area (TPSA) is 42.4 Å².